The van der Waals surface area contributed by atoms with E-state index in [0.29, 0.717) is 12.1 Å². The number of ether oxygens (including phenoxy) is 1. The molecule has 0 bridgehead atoms. The molecule has 1 rings (SSSR count). The maximum atomic E-state index is 12.6. The van der Waals surface area contributed by atoms with E-state index >= 15 is 0 Å². The zero-order chi connectivity index (χ0) is 15.2. The molecule has 0 aliphatic carbocycles. The summed E-state index contributed by atoms with van der Waals surface area (Å²) in [6.07, 6.45) is -5.58. The summed E-state index contributed by atoms with van der Waals surface area (Å²) in [6.45, 7) is 1.49. The lowest BCUT2D eigenvalue weighted by molar-refractivity contribution is -0.297. The van der Waals surface area contributed by atoms with Crippen molar-refractivity contribution in [3.63, 3.8) is 0 Å². The Kier molecular flexibility index (Phi) is 5.88. The van der Waals surface area contributed by atoms with Crippen LogP contribution in [0.3, 0.4) is 0 Å². The topological polar surface area (TPSA) is 21.3 Å². The van der Waals surface area contributed by atoms with E-state index in [0.717, 1.165) is 12.1 Å². The van der Waals surface area contributed by atoms with Crippen LogP contribution in [0.25, 0.3) is 0 Å². The monoisotopic (exact) mass is 297 g/mol. The minimum Gasteiger partial charge on any atom is -0.370 e. The molecule has 1 aromatic carbocycles. The average Bonchev–Trinajstić information content (AvgIpc) is 2.36. The molecule has 0 heterocycles. The van der Waals surface area contributed by atoms with Gasteiger partial charge >= 0.3 is 12.1 Å². The molecule has 0 atom stereocenters. The van der Waals surface area contributed by atoms with E-state index in [-0.39, 0.29) is 6.61 Å². The summed E-state index contributed by atoms with van der Waals surface area (Å²) in [4.78, 5) is 0. The van der Waals surface area contributed by atoms with Crippen LogP contribution in [0.4, 0.5) is 22.0 Å². The minimum atomic E-state index is -5.58. The van der Waals surface area contributed by atoms with Crippen molar-refractivity contribution in [2.75, 3.05) is 13.2 Å². The summed E-state index contributed by atoms with van der Waals surface area (Å²) >= 11 is 0. The molecule has 114 valence electrons. The molecule has 1 aromatic rings. The molecule has 20 heavy (non-hydrogen) atoms. The van der Waals surface area contributed by atoms with Gasteiger partial charge in [0.05, 0.1) is 6.61 Å². The highest BCUT2D eigenvalue weighted by atomic mass is 19.4. The SMILES string of the molecule is CCNCc1ccc(COCC(F)(F)C(F)(F)F)cc1. The van der Waals surface area contributed by atoms with E-state index < -0.39 is 18.7 Å². The first-order valence-corrected chi connectivity index (χ1v) is 6.07. The van der Waals surface area contributed by atoms with E-state index in [1.165, 1.54) is 0 Å². The number of halogens is 5. The van der Waals surface area contributed by atoms with Crippen molar-refractivity contribution in [2.24, 2.45) is 0 Å². The third kappa shape index (κ3) is 5.05. The van der Waals surface area contributed by atoms with Crippen molar-refractivity contribution in [2.45, 2.75) is 32.2 Å². The Balaban J connectivity index is 2.43. The predicted octanol–water partition coefficient (Wildman–Crippen LogP) is 3.51. The molecule has 0 unspecified atom stereocenters. The Morgan fingerprint density at radius 1 is 1.00 bits per heavy atom. The number of alkyl halides is 5. The quantitative estimate of drug-likeness (QED) is 0.778. The smallest absolute Gasteiger partial charge is 0.370 e. The molecule has 0 aliphatic rings. The van der Waals surface area contributed by atoms with E-state index in [9.17, 15) is 22.0 Å². The highest BCUT2D eigenvalue weighted by Gasteiger charge is 2.57. The lowest BCUT2D eigenvalue weighted by atomic mass is 10.1. The fraction of sp³-hybridized carbons (Fsp3) is 0.538. The Bertz CT molecular complexity index is 402. The normalized spacial score (nSPS) is 12.7. The third-order valence-corrected chi connectivity index (χ3v) is 2.57. The van der Waals surface area contributed by atoms with Gasteiger partial charge in [-0.2, -0.15) is 22.0 Å². The summed E-state index contributed by atoms with van der Waals surface area (Å²) in [5.41, 5.74) is 1.54. The molecule has 0 saturated heterocycles. The third-order valence-electron chi connectivity index (χ3n) is 2.57. The molecule has 0 saturated carbocycles. The Hall–Kier alpha value is -1.21. The van der Waals surface area contributed by atoms with Crippen molar-refractivity contribution in [1.29, 1.82) is 0 Å². The van der Waals surface area contributed by atoms with Gasteiger partial charge in [0.15, 0.2) is 0 Å². The van der Waals surface area contributed by atoms with Gasteiger partial charge in [-0.3, -0.25) is 0 Å². The first kappa shape index (κ1) is 16.8. The van der Waals surface area contributed by atoms with Crippen molar-refractivity contribution >= 4 is 0 Å². The van der Waals surface area contributed by atoms with Crippen molar-refractivity contribution < 1.29 is 26.7 Å². The van der Waals surface area contributed by atoms with Gasteiger partial charge in [0.1, 0.15) is 6.61 Å². The van der Waals surface area contributed by atoms with Crippen LogP contribution in [0.2, 0.25) is 0 Å². The van der Waals surface area contributed by atoms with Crippen molar-refractivity contribution in [1.82, 2.24) is 5.32 Å². The Morgan fingerprint density at radius 2 is 1.55 bits per heavy atom. The van der Waals surface area contributed by atoms with Crippen LogP contribution in [0, 0.1) is 0 Å². The molecule has 1 N–H and O–H groups in total. The van der Waals surface area contributed by atoms with E-state index in [1.54, 1.807) is 24.3 Å². The average molecular weight is 297 g/mol. The molecule has 0 fully saturated rings. The Labute approximate surface area is 113 Å². The fourth-order valence-electron chi connectivity index (χ4n) is 1.40. The summed E-state index contributed by atoms with van der Waals surface area (Å²) in [5.74, 6) is -4.82. The highest BCUT2D eigenvalue weighted by Crippen LogP contribution is 2.35. The van der Waals surface area contributed by atoms with Crippen LogP contribution in [0.15, 0.2) is 24.3 Å². The van der Waals surface area contributed by atoms with Gasteiger partial charge in [0, 0.05) is 6.54 Å². The number of hydrogen-bond acceptors (Lipinski definition) is 2. The van der Waals surface area contributed by atoms with Crippen molar-refractivity contribution in [3.05, 3.63) is 35.4 Å². The van der Waals surface area contributed by atoms with Crippen LogP contribution in [-0.2, 0) is 17.9 Å². The highest BCUT2D eigenvalue weighted by molar-refractivity contribution is 5.21. The van der Waals surface area contributed by atoms with Gasteiger partial charge in [-0.25, -0.2) is 0 Å². The van der Waals surface area contributed by atoms with Gasteiger partial charge in [0.25, 0.3) is 0 Å². The molecule has 7 heteroatoms. The van der Waals surface area contributed by atoms with Gasteiger partial charge in [-0.15, -0.1) is 0 Å². The summed E-state index contributed by atoms with van der Waals surface area (Å²) in [6, 6.07) is 6.81. The maximum Gasteiger partial charge on any atom is 0.455 e. The van der Waals surface area contributed by atoms with Crippen LogP contribution < -0.4 is 5.32 Å². The lowest BCUT2D eigenvalue weighted by Gasteiger charge is -2.19. The summed E-state index contributed by atoms with van der Waals surface area (Å²) in [7, 11) is 0. The van der Waals surface area contributed by atoms with Crippen LogP contribution in [-0.4, -0.2) is 25.3 Å². The Morgan fingerprint density at radius 3 is 2.05 bits per heavy atom. The maximum absolute atomic E-state index is 12.6. The first-order chi connectivity index (χ1) is 9.26. The lowest BCUT2D eigenvalue weighted by Crippen LogP contribution is -2.40. The van der Waals surface area contributed by atoms with Gasteiger partial charge in [0.2, 0.25) is 0 Å². The molecular weight excluding hydrogens is 281 g/mol. The van der Waals surface area contributed by atoms with Gasteiger partial charge < -0.3 is 10.1 Å². The zero-order valence-electron chi connectivity index (χ0n) is 10.9. The zero-order valence-corrected chi connectivity index (χ0v) is 10.9. The number of nitrogens with one attached hydrogen (secondary N) is 1. The molecule has 0 radical (unpaired) electrons. The second kappa shape index (κ2) is 6.99. The number of rotatable bonds is 7. The second-order valence-corrected chi connectivity index (χ2v) is 4.29. The number of benzene rings is 1. The van der Waals surface area contributed by atoms with Crippen molar-refractivity contribution in [3.8, 4) is 0 Å². The standard InChI is InChI=1S/C13H16F5NO/c1-2-19-7-10-3-5-11(6-4-10)8-20-9-12(14,15)13(16,17)18/h3-6,19H,2,7-9H2,1H3. The van der Waals surface area contributed by atoms with Crippen LogP contribution >= 0.6 is 0 Å². The van der Waals surface area contributed by atoms with Gasteiger partial charge in [-0.05, 0) is 17.7 Å². The molecular formula is C13H16F5NO. The fourth-order valence-corrected chi connectivity index (χ4v) is 1.40. The molecule has 0 spiro atoms. The van der Waals surface area contributed by atoms with Crippen LogP contribution in [0.5, 0.6) is 0 Å². The summed E-state index contributed by atoms with van der Waals surface area (Å²) in [5, 5.41) is 3.11. The molecule has 2 nitrogen and oxygen atoms in total. The molecule has 0 amide bonds. The molecule has 0 aromatic heterocycles. The minimum absolute atomic E-state index is 0.285. The summed E-state index contributed by atoms with van der Waals surface area (Å²) < 4.78 is 65.3. The van der Waals surface area contributed by atoms with E-state index in [2.05, 4.69) is 10.1 Å². The van der Waals surface area contributed by atoms with Gasteiger partial charge in [-0.1, -0.05) is 31.2 Å². The van der Waals surface area contributed by atoms with Crippen LogP contribution in [0.1, 0.15) is 18.1 Å². The first-order valence-electron chi connectivity index (χ1n) is 6.07. The van der Waals surface area contributed by atoms with E-state index in [4.69, 9.17) is 0 Å². The predicted molar refractivity (Wildman–Crippen MR) is 64.5 cm³/mol. The van der Waals surface area contributed by atoms with E-state index in [1.807, 2.05) is 6.92 Å². The largest absolute Gasteiger partial charge is 0.455 e. The second-order valence-electron chi connectivity index (χ2n) is 4.29. The molecule has 0 aliphatic heterocycles. The number of hydrogen-bond donors (Lipinski definition) is 1.